The third kappa shape index (κ3) is 7.28. The quantitative estimate of drug-likeness (QED) is 0.547. The molecule has 0 aliphatic heterocycles. The predicted molar refractivity (Wildman–Crippen MR) is 130 cm³/mol. The maximum atomic E-state index is 13.4. The Labute approximate surface area is 201 Å². The number of nitrogens with zero attached hydrogens (tertiary/aromatic N) is 2. The lowest BCUT2D eigenvalue weighted by atomic mass is 10.1. The van der Waals surface area contributed by atoms with Gasteiger partial charge in [-0.05, 0) is 57.0 Å². The van der Waals surface area contributed by atoms with E-state index in [0.717, 1.165) is 15.4 Å². The number of likely N-dealkylation sites (N-methyl/N-ethyl adjacent to an activating group) is 1. The molecule has 0 heterocycles. The van der Waals surface area contributed by atoms with Gasteiger partial charge in [-0.3, -0.25) is 9.59 Å². The maximum Gasteiger partial charge on any atom is 0.243 e. The summed E-state index contributed by atoms with van der Waals surface area (Å²) in [6, 6.07) is 12.6. The predicted octanol–water partition coefficient (Wildman–Crippen LogP) is 3.60. The van der Waals surface area contributed by atoms with Crippen molar-refractivity contribution in [1.29, 1.82) is 0 Å². The van der Waals surface area contributed by atoms with E-state index in [4.69, 9.17) is 11.6 Å². The minimum atomic E-state index is -3.91. The molecule has 2 amide bonds. The number of carbonyl (C=O) groups is 2. The molecule has 0 fully saturated rings. The third-order valence-electron chi connectivity index (χ3n) is 5.17. The number of sulfonamides is 1. The maximum absolute atomic E-state index is 13.4. The highest BCUT2D eigenvalue weighted by Crippen LogP contribution is 2.19. The van der Waals surface area contributed by atoms with Crippen molar-refractivity contribution in [3.8, 4) is 0 Å². The van der Waals surface area contributed by atoms with Gasteiger partial charge in [0.25, 0.3) is 0 Å². The van der Waals surface area contributed by atoms with Crippen LogP contribution in [0.3, 0.4) is 0 Å². The molecule has 0 aromatic heterocycles. The first-order valence-electron chi connectivity index (χ1n) is 10.8. The van der Waals surface area contributed by atoms with Crippen LogP contribution in [0.5, 0.6) is 0 Å². The second kappa shape index (κ2) is 11.6. The normalized spacial score (nSPS) is 12.6. The standard InChI is InChI=1S/C24H32ClN3O4S/c1-6-22(24(30)26-17(2)3)28(15-19-9-7-18(4)8-10-19)23(29)16-27(5)33(31,32)21-13-11-20(25)12-14-21/h7-14,17,22H,6,15-16H2,1-5H3,(H,26,30)/t22-/m1/s1. The molecule has 0 saturated heterocycles. The van der Waals surface area contributed by atoms with Gasteiger partial charge in [0.15, 0.2) is 0 Å². The van der Waals surface area contributed by atoms with Crippen LogP contribution in [-0.4, -0.2) is 55.1 Å². The van der Waals surface area contributed by atoms with Crippen molar-refractivity contribution >= 4 is 33.4 Å². The van der Waals surface area contributed by atoms with Crippen LogP contribution in [0.2, 0.25) is 5.02 Å². The molecule has 0 radical (unpaired) electrons. The van der Waals surface area contributed by atoms with E-state index >= 15 is 0 Å². The number of halogens is 1. The van der Waals surface area contributed by atoms with E-state index in [2.05, 4.69) is 5.32 Å². The molecule has 2 aromatic carbocycles. The molecular formula is C24H32ClN3O4S. The van der Waals surface area contributed by atoms with E-state index in [1.165, 1.54) is 36.2 Å². The molecular weight excluding hydrogens is 462 g/mol. The van der Waals surface area contributed by atoms with Gasteiger partial charge in [0, 0.05) is 24.7 Å². The number of hydrogen-bond acceptors (Lipinski definition) is 4. The van der Waals surface area contributed by atoms with Gasteiger partial charge >= 0.3 is 0 Å². The first-order chi connectivity index (χ1) is 15.4. The fraction of sp³-hybridized carbons (Fsp3) is 0.417. The average molecular weight is 494 g/mol. The molecule has 1 atom stereocenters. The summed E-state index contributed by atoms with van der Waals surface area (Å²) in [4.78, 5) is 27.7. The van der Waals surface area contributed by atoms with Crippen molar-refractivity contribution in [2.75, 3.05) is 13.6 Å². The van der Waals surface area contributed by atoms with Gasteiger partial charge in [0.2, 0.25) is 21.8 Å². The monoisotopic (exact) mass is 493 g/mol. The van der Waals surface area contributed by atoms with Crippen LogP contribution in [-0.2, 0) is 26.2 Å². The van der Waals surface area contributed by atoms with Crippen LogP contribution in [0.25, 0.3) is 0 Å². The molecule has 1 N–H and O–H groups in total. The van der Waals surface area contributed by atoms with Gasteiger partial charge in [-0.15, -0.1) is 0 Å². The Morgan fingerprint density at radius 2 is 1.61 bits per heavy atom. The molecule has 2 aromatic rings. The van der Waals surface area contributed by atoms with Crippen LogP contribution >= 0.6 is 11.6 Å². The van der Waals surface area contributed by atoms with Crippen LogP contribution in [0.1, 0.15) is 38.3 Å². The Morgan fingerprint density at radius 3 is 2.12 bits per heavy atom. The number of benzene rings is 2. The van der Waals surface area contributed by atoms with Gasteiger partial charge < -0.3 is 10.2 Å². The van der Waals surface area contributed by atoms with Crippen molar-refractivity contribution in [2.45, 2.75) is 57.6 Å². The summed E-state index contributed by atoms with van der Waals surface area (Å²) in [5, 5.41) is 3.28. The van der Waals surface area contributed by atoms with Gasteiger partial charge in [-0.1, -0.05) is 48.4 Å². The van der Waals surface area contributed by atoms with Gasteiger partial charge in [0.05, 0.1) is 11.4 Å². The van der Waals surface area contributed by atoms with E-state index in [0.29, 0.717) is 11.4 Å². The number of carbonyl (C=O) groups excluding carboxylic acids is 2. The average Bonchev–Trinajstić information content (AvgIpc) is 2.74. The van der Waals surface area contributed by atoms with Crippen LogP contribution in [0.4, 0.5) is 0 Å². The fourth-order valence-electron chi connectivity index (χ4n) is 3.34. The molecule has 0 aliphatic rings. The zero-order valence-corrected chi connectivity index (χ0v) is 21.3. The minimum absolute atomic E-state index is 0.0388. The van der Waals surface area contributed by atoms with E-state index < -0.39 is 28.5 Å². The van der Waals surface area contributed by atoms with Crippen molar-refractivity contribution in [3.63, 3.8) is 0 Å². The van der Waals surface area contributed by atoms with Crippen molar-refractivity contribution < 1.29 is 18.0 Å². The van der Waals surface area contributed by atoms with E-state index in [9.17, 15) is 18.0 Å². The Balaban J connectivity index is 2.31. The summed E-state index contributed by atoms with van der Waals surface area (Å²) in [5.74, 6) is -0.724. The lowest BCUT2D eigenvalue weighted by Gasteiger charge is -2.32. The first kappa shape index (κ1) is 26.8. The number of amides is 2. The van der Waals surface area contributed by atoms with E-state index in [-0.39, 0.29) is 23.4 Å². The zero-order valence-electron chi connectivity index (χ0n) is 19.7. The Hall–Kier alpha value is -2.42. The number of aryl methyl sites for hydroxylation is 1. The molecule has 2 rings (SSSR count). The molecule has 0 saturated carbocycles. The molecule has 180 valence electrons. The SMILES string of the molecule is CC[C@H](C(=O)NC(C)C)N(Cc1ccc(C)cc1)C(=O)CN(C)S(=O)(=O)c1ccc(Cl)cc1. The highest BCUT2D eigenvalue weighted by molar-refractivity contribution is 7.89. The molecule has 33 heavy (non-hydrogen) atoms. The number of hydrogen-bond donors (Lipinski definition) is 1. The number of rotatable bonds is 10. The summed E-state index contributed by atoms with van der Waals surface area (Å²) >= 11 is 5.86. The highest BCUT2D eigenvalue weighted by atomic mass is 35.5. The summed E-state index contributed by atoms with van der Waals surface area (Å²) in [7, 11) is -2.56. The van der Waals surface area contributed by atoms with Crippen LogP contribution in [0.15, 0.2) is 53.4 Å². The van der Waals surface area contributed by atoms with Gasteiger partial charge in [0.1, 0.15) is 6.04 Å². The number of nitrogens with one attached hydrogen (secondary N) is 1. The Kier molecular flexibility index (Phi) is 9.46. The zero-order chi connectivity index (χ0) is 24.8. The highest BCUT2D eigenvalue weighted by Gasteiger charge is 2.32. The van der Waals surface area contributed by atoms with Crippen LogP contribution in [0, 0.1) is 6.92 Å². The minimum Gasteiger partial charge on any atom is -0.352 e. The molecule has 0 unspecified atom stereocenters. The lowest BCUT2D eigenvalue weighted by molar-refractivity contribution is -0.141. The van der Waals surface area contributed by atoms with Crippen molar-refractivity contribution in [3.05, 3.63) is 64.7 Å². The lowest BCUT2D eigenvalue weighted by Crippen LogP contribution is -2.52. The molecule has 0 spiro atoms. The van der Waals surface area contributed by atoms with Gasteiger partial charge in [-0.2, -0.15) is 4.31 Å². The summed E-state index contributed by atoms with van der Waals surface area (Å²) in [5.41, 5.74) is 1.93. The molecule has 0 aliphatic carbocycles. The summed E-state index contributed by atoms with van der Waals surface area (Å²) in [6.07, 6.45) is 0.393. The molecule has 0 bridgehead atoms. The topological polar surface area (TPSA) is 86.8 Å². The van der Waals surface area contributed by atoms with Gasteiger partial charge in [-0.25, -0.2) is 8.42 Å². The summed E-state index contributed by atoms with van der Waals surface area (Å²) in [6.45, 7) is 7.29. The molecule has 7 nitrogen and oxygen atoms in total. The van der Waals surface area contributed by atoms with E-state index in [1.54, 1.807) is 0 Å². The third-order valence-corrected chi connectivity index (χ3v) is 7.24. The second-order valence-corrected chi connectivity index (χ2v) is 10.8. The Morgan fingerprint density at radius 1 is 1.03 bits per heavy atom. The van der Waals surface area contributed by atoms with Crippen molar-refractivity contribution in [2.24, 2.45) is 0 Å². The smallest absolute Gasteiger partial charge is 0.243 e. The van der Waals surface area contributed by atoms with E-state index in [1.807, 2.05) is 52.0 Å². The molecule has 9 heteroatoms. The van der Waals surface area contributed by atoms with Crippen molar-refractivity contribution in [1.82, 2.24) is 14.5 Å². The largest absolute Gasteiger partial charge is 0.352 e. The second-order valence-electron chi connectivity index (χ2n) is 8.31. The van der Waals surface area contributed by atoms with Crippen LogP contribution < -0.4 is 5.32 Å². The first-order valence-corrected chi connectivity index (χ1v) is 12.6. The Bertz CT molecular complexity index is 1050. The summed E-state index contributed by atoms with van der Waals surface area (Å²) < 4.78 is 26.9. The fourth-order valence-corrected chi connectivity index (χ4v) is 4.59.